The number of furan rings is 1. The number of piperazine rings is 1. The van der Waals surface area contributed by atoms with E-state index in [0.29, 0.717) is 54.3 Å². The number of nitrogens with one attached hydrogen (secondary N) is 1. The first-order chi connectivity index (χ1) is 14.1. The predicted octanol–water partition coefficient (Wildman–Crippen LogP) is 2.35. The van der Waals surface area contributed by atoms with Crippen LogP contribution in [0.2, 0.25) is 0 Å². The van der Waals surface area contributed by atoms with E-state index in [1.165, 1.54) is 28.6 Å². The van der Waals surface area contributed by atoms with Crippen LogP contribution in [0.15, 0.2) is 41.0 Å². The smallest absolute Gasteiger partial charge is 0.348 e. The van der Waals surface area contributed by atoms with Crippen molar-refractivity contribution in [2.24, 2.45) is 0 Å². The van der Waals surface area contributed by atoms with E-state index in [2.05, 4.69) is 0 Å². The third kappa shape index (κ3) is 3.90. The summed E-state index contributed by atoms with van der Waals surface area (Å²) in [7, 11) is 0. The van der Waals surface area contributed by atoms with Crippen molar-refractivity contribution in [3.8, 4) is 0 Å². The molecule has 0 radical (unpaired) electrons. The Hall–Kier alpha value is -2.71. The highest BCUT2D eigenvalue weighted by molar-refractivity contribution is 7.21. The zero-order chi connectivity index (χ0) is 20.4. The SMILES string of the molecule is CCOC(=O)c1sc2cccc(F)c2c1C[NH+]1CCN(C(=O)c2ccco2)CC1. The Morgan fingerprint density at radius 3 is 2.72 bits per heavy atom. The largest absolute Gasteiger partial charge is 0.462 e. The second-order valence-electron chi connectivity index (χ2n) is 6.94. The Morgan fingerprint density at radius 1 is 1.24 bits per heavy atom. The molecule has 3 aromatic rings. The van der Waals surface area contributed by atoms with Gasteiger partial charge in [-0.2, -0.15) is 0 Å². The summed E-state index contributed by atoms with van der Waals surface area (Å²) in [5, 5.41) is 0.502. The van der Waals surface area contributed by atoms with Crippen LogP contribution in [-0.4, -0.2) is 49.6 Å². The topological polar surface area (TPSA) is 64.2 Å². The number of ether oxygens (including phenoxy) is 1. The standard InChI is InChI=1S/C21H21FN2O4S/c1-2-27-21(26)19-14(18-15(22)5-3-7-17(18)29-19)13-23-8-10-24(11-9-23)20(25)16-6-4-12-28-16/h3-7,12H,2,8-11,13H2,1H3/p+1. The van der Waals surface area contributed by atoms with E-state index in [-0.39, 0.29) is 18.3 Å². The van der Waals surface area contributed by atoms with Gasteiger partial charge in [-0.25, -0.2) is 9.18 Å². The molecule has 3 heterocycles. The lowest BCUT2D eigenvalue weighted by atomic mass is 10.1. The van der Waals surface area contributed by atoms with Gasteiger partial charge in [0.1, 0.15) is 17.2 Å². The number of hydrogen-bond acceptors (Lipinski definition) is 5. The maximum atomic E-state index is 14.6. The summed E-state index contributed by atoms with van der Waals surface area (Å²) in [6.07, 6.45) is 1.49. The Kier molecular flexibility index (Phi) is 5.64. The molecule has 0 spiro atoms. The first kappa shape index (κ1) is 19.6. The van der Waals surface area contributed by atoms with Crippen molar-refractivity contribution in [2.45, 2.75) is 13.5 Å². The number of fused-ring (bicyclic) bond motifs is 1. The zero-order valence-electron chi connectivity index (χ0n) is 16.1. The van der Waals surface area contributed by atoms with Crippen LogP contribution in [0.3, 0.4) is 0 Å². The van der Waals surface area contributed by atoms with Crippen LogP contribution in [0.1, 0.15) is 32.7 Å². The minimum Gasteiger partial charge on any atom is -0.462 e. The number of thiophene rings is 1. The minimum atomic E-state index is -0.408. The van der Waals surface area contributed by atoms with Crippen molar-refractivity contribution in [1.29, 1.82) is 0 Å². The number of benzene rings is 1. The number of carbonyl (C=O) groups excluding carboxylic acids is 2. The molecule has 1 saturated heterocycles. The molecule has 0 aliphatic carbocycles. The Labute approximate surface area is 171 Å². The monoisotopic (exact) mass is 417 g/mol. The average molecular weight is 417 g/mol. The first-order valence-electron chi connectivity index (χ1n) is 9.61. The molecule has 152 valence electrons. The van der Waals surface area contributed by atoms with Crippen LogP contribution in [0.5, 0.6) is 0 Å². The van der Waals surface area contributed by atoms with Crippen LogP contribution < -0.4 is 4.90 Å². The molecular formula is C21H22FN2O4S+. The fourth-order valence-electron chi connectivity index (χ4n) is 3.71. The number of hydrogen-bond donors (Lipinski definition) is 1. The fourth-order valence-corrected chi connectivity index (χ4v) is 4.84. The molecule has 0 atom stereocenters. The summed E-state index contributed by atoms with van der Waals surface area (Å²) in [6.45, 7) is 5.11. The van der Waals surface area contributed by atoms with Gasteiger partial charge in [0.15, 0.2) is 5.76 Å². The molecule has 1 amide bonds. The van der Waals surface area contributed by atoms with E-state index >= 15 is 0 Å². The zero-order valence-corrected chi connectivity index (χ0v) is 16.9. The van der Waals surface area contributed by atoms with Gasteiger partial charge < -0.3 is 19.0 Å². The summed E-state index contributed by atoms with van der Waals surface area (Å²) in [6, 6.07) is 8.25. The van der Waals surface area contributed by atoms with Crippen molar-refractivity contribution in [1.82, 2.24) is 4.90 Å². The van der Waals surface area contributed by atoms with Crippen molar-refractivity contribution < 1.29 is 28.0 Å². The Morgan fingerprint density at radius 2 is 2.03 bits per heavy atom. The lowest BCUT2D eigenvalue weighted by molar-refractivity contribution is -0.917. The van der Waals surface area contributed by atoms with Gasteiger partial charge in [0.2, 0.25) is 0 Å². The highest BCUT2D eigenvalue weighted by atomic mass is 32.1. The number of amides is 1. The second kappa shape index (κ2) is 8.34. The van der Waals surface area contributed by atoms with Gasteiger partial charge >= 0.3 is 5.97 Å². The summed E-state index contributed by atoms with van der Waals surface area (Å²) < 4.78 is 25.7. The third-order valence-electron chi connectivity index (χ3n) is 5.14. The molecular weight excluding hydrogens is 395 g/mol. The minimum absolute atomic E-state index is 0.117. The number of carbonyl (C=O) groups is 2. The molecule has 2 aromatic heterocycles. The predicted molar refractivity (Wildman–Crippen MR) is 107 cm³/mol. The van der Waals surface area contributed by atoms with Crippen molar-refractivity contribution in [3.63, 3.8) is 0 Å². The number of halogens is 1. The number of rotatable bonds is 5. The maximum absolute atomic E-state index is 14.6. The van der Waals surface area contributed by atoms with Crippen LogP contribution in [0.25, 0.3) is 10.1 Å². The normalized spacial score (nSPS) is 15.0. The van der Waals surface area contributed by atoms with E-state index in [1.54, 1.807) is 30.0 Å². The van der Waals surface area contributed by atoms with E-state index in [9.17, 15) is 14.0 Å². The van der Waals surface area contributed by atoms with Crippen molar-refractivity contribution in [2.75, 3.05) is 32.8 Å². The van der Waals surface area contributed by atoms with E-state index in [0.717, 1.165) is 4.70 Å². The first-order valence-corrected chi connectivity index (χ1v) is 10.4. The Balaban J connectivity index is 1.53. The lowest BCUT2D eigenvalue weighted by Gasteiger charge is -2.31. The van der Waals surface area contributed by atoms with Gasteiger partial charge in [-0.15, -0.1) is 11.3 Å². The molecule has 0 bridgehead atoms. The molecule has 1 aliphatic heterocycles. The van der Waals surface area contributed by atoms with Crippen LogP contribution in [0.4, 0.5) is 4.39 Å². The van der Waals surface area contributed by atoms with Crippen LogP contribution in [-0.2, 0) is 11.3 Å². The number of esters is 1. The van der Waals surface area contributed by atoms with Gasteiger partial charge in [0.05, 0.1) is 39.0 Å². The fraction of sp³-hybridized carbons (Fsp3) is 0.333. The molecule has 8 heteroatoms. The van der Waals surface area contributed by atoms with Gasteiger partial charge in [-0.3, -0.25) is 4.79 Å². The molecule has 29 heavy (non-hydrogen) atoms. The highest BCUT2D eigenvalue weighted by Gasteiger charge is 2.29. The number of nitrogens with zero attached hydrogens (tertiary/aromatic N) is 1. The second-order valence-corrected chi connectivity index (χ2v) is 7.99. The summed E-state index contributed by atoms with van der Waals surface area (Å²) in [5.41, 5.74) is 0.697. The molecule has 0 unspecified atom stereocenters. The summed E-state index contributed by atoms with van der Waals surface area (Å²) >= 11 is 1.27. The molecule has 4 rings (SSSR count). The summed E-state index contributed by atoms with van der Waals surface area (Å²) in [4.78, 5) is 28.3. The van der Waals surface area contributed by atoms with E-state index < -0.39 is 5.97 Å². The molecule has 1 N–H and O–H groups in total. The Bertz CT molecular complexity index is 1020. The van der Waals surface area contributed by atoms with Crippen LogP contribution >= 0.6 is 11.3 Å². The molecule has 1 aromatic carbocycles. The average Bonchev–Trinajstić information content (AvgIpc) is 3.37. The van der Waals surface area contributed by atoms with Crippen LogP contribution in [0, 0.1) is 5.82 Å². The van der Waals surface area contributed by atoms with Gasteiger partial charge in [-0.05, 0) is 31.2 Å². The molecule has 6 nitrogen and oxygen atoms in total. The van der Waals surface area contributed by atoms with Gasteiger partial charge in [0, 0.05) is 15.6 Å². The lowest BCUT2D eigenvalue weighted by Crippen LogP contribution is -3.13. The molecule has 0 saturated carbocycles. The maximum Gasteiger partial charge on any atom is 0.348 e. The highest BCUT2D eigenvalue weighted by Crippen LogP contribution is 2.33. The van der Waals surface area contributed by atoms with Crippen molar-refractivity contribution in [3.05, 3.63) is 58.6 Å². The summed E-state index contributed by atoms with van der Waals surface area (Å²) in [5.74, 6) is -0.512. The van der Waals surface area contributed by atoms with Gasteiger partial charge in [-0.1, -0.05) is 6.07 Å². The molecule has 1 aliphatic rings. The molecule has 1 fully saturated rings. The van der Waals surface area contributed by atoms with Crippen molar-refractivity contribution >= 4 is 33.3 Å². The van der Waals surface area contributed by atoms with Gasteiger partial charge in [0.25, 0.3) is 5.91 Å². The third-order valence-corrected chi connectivity index (χ3v) is 6.32. The quantitative estimate of drug-likeness (QED) is 0.648. The van der Waals surface area contributed by atoms with E-state index in [4.69, 9.17) is 9.15 Å². The number of quaternary nitrogens is 1. The van der Waals surface area contributed by atoms with E-state index in [1.807, 2.05) is 6.07 Å².